The number of hydrogen-bond donors (Lipinski definition) is 1. The minimum Gasteiger partial charge on any atom is -0.384 e. The maximum atomic E-state index is 12.8. The highest BCUT2D eigenvalue weighted by Crippen LogP contribution is 2.27. The SMILES string of the molecule is C=CCn1c(N)c(C(=O)N2CCc3ccccc3C2)sc1=S. The van der Waals surface area contributed by atoms with E-state index in [4.69, 9.17) is 18.0 Å². The van der Waals surface area contributed by atoms with Gasteiger partial charge in [0.1, 0.15) is 10.7 Å². The quantitative estimate of drug-likeness (QED) is 0.694. The molecule has 0 aliphatic carbocycles. The molecule has 1 aliphatic heterocycles. The number of nitrogen functional groups attached to an aromatic ring is 1. The van der Waals surface area contributed by atoms with E-state index in [1.807, 2.05) is 17.0 Å². The zero-order valence-corrected chi connectivity index (χ0v) is 13.8. The molecule has 1 amide bonds. The predicted octanol–water partition coefficient (Wildman–Crippen LogP) is 3.25. The van der Waals surface area contributed by atoms with E-state index in [0.717, 1.165) is 6.42 Å². The van der Waals surface area contributed by atoms with Gasteiger partial charge in [0, 0.05) is 19.6 Å². The monoisotopic (exact) mass is 331 g/mol. The summed E-state index contributed by atoms with van der Waals surface area (Å²) in [6.45, 7) is 5.55. The Morgan fingerprint density at radius 2 is 2.14 bits per heavy atom. The van der Waals surface area contributed by atoms with E-state index in [0.29, 0.717) is 34.3 Å². The van der Waals surface area contributed by atoms with Crippen LogP contribution in [0.5, 0.6) is 0 Å². The molecule has 2 heterocycles. The normalized spacial score (nSPS) is 13.7. The summed E-state index contributed by atoms with van der Waals surface area (Å²) in [5, 5.41) is 0. The predicted molar refractivity (Wildman–Crippen MR) is 92.6 cm³/mol. The number of hydrogen-bond acceptors (Lipinski definition) is 4. The van der Waals surface area contributed by atoms with E-state index in [9.17, 15) is 4.79 Å². The number of anilines is 1. The average molecular weight is 331 g/mol. The van der Waals surface area contributed by atoms with Gasteiger partial charge in [-0.05, 0) is 29.8 Å². The lowest BCUT2D eigenvalue weighted by molar-refractivity contribution is 0.0740. The third-order valence-corrected chi connectivity index (χ3v) is 5.31. The fraction of sp³-hybridized carbons (Fsp3) is 0.250. The van der Waals surface area contributed by atoms with Gasteiger partial charge in [-0.1, -0.05) is 41.7 Å². The zero-order chi connectivity index (χ0) is 15.7. The summed E-state index contributed by atoms with van der Waals surface area (Å²) in [6, 6.07) is 8.24. The molecule has 1 aromatic heterocycles. The van der Waals surface area contributed by atoms with Crippen LogP contribution in [-0.2, 0) is 19.5 Å². The van der Waals surface area contributed by atoms with E-state index in [1.54, 1.807) is 10.6 Å². The maximum Gasteiger partial charge on any atom is 0.268 e. The van der Waals surface area contributed by atoms with Crippen LogP contribution < -0.4 is 5.73 Å². The number of nitrogens with zero attached hydrogens (tertiary/aromatic N) is 2. The van der Waals surface area contributed by atoms with Crippen molar-refractivity contribution in [1.82, 2.24) is 9.47 Å². The van der Waals surface area contributed by atoms with Crippen LogP contribution in [0.4, 0.5) is 5.82 Å². The molecular formula is C16H17N3OS2. The summed E-state index contributed by atoms with van der Waals surface area (Å²) in [6.07, 6.45) is 2.60. The van der Waals surface area contributed by atoms with Gasteiger partial charge in [-0.2, -0.15) is 0 Å². The summed E-state index contributed by atoms with van der Waals surface area (Å²) in [5.41, 5.74) is 8.62. The molecule has 2 aromatic rings. The molecule has 0 saturated heterocycles. The molecule has 6 heteroatoms. The van der Waals surface area contributed by atoms with Crippen LogP contribution in [0.2, 0.25) is 0 Å². The highest BCUT2D eigenvalue weighted by molar-refractivity contribution is 7.73. The van der Waals surface area contributed by atoms with Crippen molar-refractivity contribution in [1.29, 1.82) is 0 Å². The summed E-state index contributed by atoms with van der Waals surface area (Å²) in [5.74, 6) is 0.407. The van der Waals surface area contributed by atoms with Crippen LogP contribution in [0.3, 0.4) is 0 Å². The van der Waals surface area contributed by atoms with Crippen LogP contribution in [0.15, 0.2) is 36.9 Å². The number of nitrogens with two attached hydrogens (primary N) is 1. The molecule has 22 heavy (non-hydrogen) atoms. The first-order valence-corrected chi connectivity index (χ1v) is 8.30. The van der Waals surface area contributed by atoms with E-state index in [2.05, 4.69) is 18.7 Å². The minimum atomic E-state index is -0.0362. The fourth-order valence-electron chi connectivity index (χ4n) is 2.68. The first-order valence-electron chi connectivity index (χ1n) is 7.08. The number of fused-ring (bicyclic) bond motifs is 1. The van der Waals surface area contributed by atoms with Crippen molar-refractivity contribution >= 4 is 35.3 Å². The summed E-state index contributed by atoms with van der Waals surface area (Å²) in [4.78, 5) is 15.1. The van der Waals surface area contributed by atoms with Crippen molar-refractivity contribution in [3.05, 3.63) is 56.9 Å². The molecule has 1 aliphatic rings. The second kappa shape index (κ2) is 6.06. The van der Waals surface area contributed by atoms with Gasteiger partial charge in [0.25, 0.3) is 5.91 Å². The number of carbonyl (C=O) groups excluding carboxylic acids is 1. The van der Waals surface area contributed by atoms with Gasteiger partial charge in [0.05, 0.1) is 0 Å². The zero-order valence-electron chi connectivity index (χ0n) is 12.1. The Kier molecular flexibility index (Phi) is 4.13. The molecule has 0 unspecified atom stereocenters. The number of benzene rings is 1. The lowest BCUT2D eigenvalue weighted by Crippen LogP contribution is -2.35. The molecule has 0 spiro atoms. The number of carbonyl (C=O) groups is 1. The van der Waals surface area contributed by atoms with Gasteiger partial charge < -0.3 is 15.2 Å². The molecule has 0 atom stereocenters. The number of aromatic nitrogens is 1. The number of amides is 1. The molecule has 114 valence electrons. The van der Waals surface area contributed by atoms with Crippen molar-refractivity contribution in [3.8, 4) is 0 Å². The van der Waals surface area contributed by atoms with Crippen molar-refractivity contribution in [2.75, 3.05) is 12.3 Å². The lowest BCUT2D eigenvalue weighted by atomic mass is 10.00. The molecule has 2 N–H and O–H groups in total. The number of allylic oxidation sites excluding steroid dienone is 1. The number of thiazole rings is 1. The molecule has 3 rings (SSSR count). The van der Waals surface area contributed by atoms with Gasteiger partial charge in [-0.3, -0.25) is 4.79 Å². The van der Waals surface area contributed by atoms with Crippen molar-refractivity contribution in [3.63, 3.8) is 0 Å². The Balaban J connectivity index is 1.88. The molecular weight excluding hydrogens is 314 g/mol. The number of rotatable bonds is 3. The van der Waals surface area contributed by atoms with Gasteiger partial charge in [-0.25, -0.2) is 0 Å². The van der Waals surface area contributed by atoms with Gasteiger partial charge in [-0.15, -0.1) is 6.58 Å². The smallest absolute Gasteiger partial charge is 0.268 e. The Labute approximate surface area is 138 Å². The summed E-state index contributed by atoms with van der Waals surface area (Å²) < 4.78 is 2.36. The average Bonchev–Trinajstić information content (AvgIpc) is 2.82. The highest BCUT2D eigenvalue weighted by Gasteiger charge is 2.25. The maximum absolute atomic E-state index is 12.8. The Hall–Kier alpha value is -1.92. The fourth-order valence-corrected chi connectivity index (χ4v) is 4.00. The molecule has 1 aromatic carbocycles. The van der Waals surface area contributed by atoms with Crippen LogP contribution >= 0.6 is 23.6 Å². The topological polar surface area (TPSA) is 51.3 Å². The summed E-state index contributed by atoms with van der Waals surface area (Å²) in [7, 11) is 0. The van der Waals surface area contributed by atoms with Gasteiger partial charge in [0.2, 0.25) is 0 Å². The Bertz CT molecular complexity index is 791. The van der Waals surface area contributed by atoms with E-state index >= 15 is 0 Å². The van der Waals surface area contributed by atoms with Crippen LogP contribution in [-0.4, -0.2) is 21.9 Å². The second-order valence-corrected chi connectivity index (χ2v) is 6.87. The largest absolute Gasteiger partial charge is 0.384 e. The molecule has 0 radical (unpaired) electrons. The van der Waals surface area contributed by atoms with Crippen molar-refractivity contribution in [2.45, 2.75) is 19.5 Å². The van der Waals surface area contributed by atoms with Gasteiger partial charge in [0.15, 0.2) is 3.95 Å². The van der Waals surface area contributed by atoms with E-state index in [-0.39, 0.29) is 5.91 Å². The molecule has 0 fully saturated rings. The third kappa shape index (κ3) is 2.60. The van der Waals surface area contributed by atoms with Crippen molar-refractivity contribution in [2.24, 2.45) is 0 Å². The highest BCUT2D eigenvalue weighted by atomic mass is 32.1. The Morgan fingerprint density at radius 1 is 1.41 bits per heavy atom. The summed E-state index contributed by atoms with van der Waals surface area (Å²) >= 11 is 6.57. The van der Waals surface area contributed by atoms with Gasteiger partial charge >= 0.3 is 0 Å². The van der Waals surface area contributed by atoms with Crippen LogP contribution in [0, 0.1) is 3.95 Å². The molecule has 4 nitrogen and oxygen atoms in total. The molecule has 0 saturated carbocycles. The standard InChI is InChI=1S/C16H17N3OS2/c1-2-8-19-14(17)13(22-16(19)21)15(20)18-9-7-11-5-3-4-6-12(11)10-18/h2-6H,1,7-10,17H2. The first kappa shape index (κ1) is 15.0. The van der Waals surface area contributed by atoms with Crippen LogP contribution in [0.25, 0.3) is 0 Å². The Morgan fingerprint density at radius 3 is 2.86 bits per heavy atom. The first-order chi connectivity index (χ1) is 10.6. The van der Waals surface area contributed by atoms with E-state index < -0.39 is 0 Å². The molecule has 0 bridgehead atoms. The van der Waals surface area contributed by atoms with Crippen LogP contribution in [0.1, 0.15) is 20.8 Å². The van der Waals surface area contributed by atoms with Crippen molar-refractivity contribution < 1.29 is 4.79 Å². The third-order valence-electron chi connectivity index (χ3n) is 3.86. The minimum absolute atomic E-state index is 0.0362. The lowest BCUT2D eigenvalue weighted by Gasteiger charge is -2.28. The van der Waals surface area contributed by atoms with E-state index in [1.165, 1.54) is 22.5 Å². The second-order valence-electron chi connectivity index (χ2n) is 5.23.